The highest BCUT2D eigenvalue weighted by molar-refractivity contribution is 6.35. The maximum absolute atomic E-state index is 11.6. The highest BCUT2D eigenvalue weighted by Crippen LogP contribution is 2.16. The fourth-order valence-electron chi connectivity index (χ4n) is 1.71. The van der Waals surface area contributed by atoms with Gasteiger partial charge >= 0.3 is 11.8 Å². The quantitative estimate of drug-likeness (QED) is 0.550. The standard InChI is InChI=1S/C15H22N2O4/c1-3-21-10-6-9-16-14(18)15(19)17-11-12-7-4-5-8-13(12)20-2/h4-5,7-8H,3,6,9-11H2,1-2H3,(H,16,18)(H,17,19). The maximum atomic E-state index is 11.6. The Labute approximate surface area is 124 Å². The van der Waals surface area contributed by atoms with Crippen molar-refractivity contribution in [3.8, 4) is 5.75 Å². The van der Waals surface area contributed by atoms with Gasteiger partial charge in [0, 0.05) is 31.9 Å². The van der Waals surface area contributed by atoms with Crippen molar-refractivity contribution in [1.82, 2.24) is 10.6 Å². The van der Waals surface area contributed by atoms with E-state index in [4.69, 9.17) is 9.47 Å². The third-order valence-corrected chi connectivity index (χ3v) is 2.79. The van der Waals surface area contributed by atoms with Crippen molar-refractivity contribution in [2.24, 2.45) is 0 Å². The number of hydrogen-bond acceptors (Lipinski definition) is 4. The van der Waals surface area contributed by atoms with Crippen molar-refractivity contribution in [1.29, 1.82) is 0 Å². The molecule has 2 N–H and O–H groups in total. The molecule has 0 radical (unpaired) electrons. The lowest BCUT2D eigenvalue weighted by molar-refractivity contribution is -0.139. The Morgan fingerprint density at radius 3 is 2.57 bits per heavy atom. The number of carbonyl (C=O) groups is 2. The van der Waals surface area contributed by atoms with Crippen LogP contribution >= 0.6 is 0 Å². The van der Waals surface area contributed by atoms with Gasteiger partial charge in [-0.05, 0) is 19.4 Å². The first-order valence-electron chi connectivity index (χ1n) is 6.94. The number of benzene rings is 1. The Bertz CT molecular complexity index is 463. The Hall–Kier alpha value is -2.08. The minimum atomic E-state index is -0.655. The van der Waals surface area contributed by atoms with Crippen molar-refractivity contribution in [2.45, 2.75) is 19.9 Å². The van der Waals surface area contributed by atoms with Gasteiger partial charge in [-0.3, -0.25) is 9.59 Å². The normalized spacial score (nSPS) is 10.0. The number of rotatable bonds is 8. The van der Waals surface area contributed by atoms with Crippen molar-refractivity contribution in [2.75, 3.05) is 26.9 Å². The van der Waals surface area contributed by atoms with Gasteiger partial charge in [0.05, 0.1) is 7.11 Å². The lowest BCUT2D eigenvalue weighted by Crippen LogP contribution is -2.40. The largest absolute Gasteiger partial charge is 0.496 e. The summed E-state index contributed by atoms with van der Waals surface area (Å²) in [6, 6.07) is 7.32. The van der Waals surface area contributed by atoms with Gasteiger partial charge in [0.25, 0.3) is 0 Å². The number of carbonyl (C=O) groups excluding carboxylic acids is 2. The van der Waals surface area contributed by atoms with E-state index in [-0.39, 0.29) is 6.54 Å². The molecule has 6 heteroatoms. The highest BCUT2D eigenvalue weighted by Gasteiger charge is 2.13. The van der Waals surface area contributed by atoms with E-state index in [0.717, 1.165) is 5.56 Å². The van der Waals surface area contributed by atoms with E-state index in [1.165, 1.54) is 0 Å². The minimum absolute atomic E-state index is 0.245. The van der Waals surface area contributed by atoms with Crippen LogP contribution in [0.3, 0.4) is 0 Å². The van der Waals surface area contributed by atoms with E-state index >= 15 is 0 Å². The van der Waals surface area contributed by atoms with Crippen LogP contribution in [0, 0.1) is 0 Å². The molecule has 0 aliphatic rings. The van der Waals surface area contributed by atoms with E-state index < -0.39 is 11.8 Å². The van der Waals surface area contributed by atoms with Gasteiger partial charge in [0.15, 0.2) is 0 Å². The van der Waals surface area contributed by atoms with Crippen LogP contribution in [-0.2, 0) is 20.9 Å². The van der Waals surface area contributed by atoms with Crippen LogP contribution < -0.4 is 15.4 Å². The molecule has 0 spiro atoms. The summed E-state index contributed by atoms with van der Waals surface area (Å²) in [5.74, 6) is -0.617. The van der Waals surface area contributed by atoms with Gasteiger partial charge in [-0.2, -0.15) is 0 Å². The number of hydrogen-bond donors (Lipinski definition) is 2. The van der Waals surface area contributed by atoms with Crippen LogP contribution in [0.5, 0.6) is 5.75 Å². The van der Waals surface area contributed by atoms with Crippen LogP contribution in [0.15, 0.2) is 24.3 Å². The first kappa shape index (κ1) is 17.0. The number of ether oxygens (including phenoxy) is 2. The van der Waals surface area contributed by atoms with Crippen molar-refractivity contribution >= 4 is 11.8 Å². The average molecular weight is 294 g/mol. The summed E-state index contributed by atoms with van der Waals surface area (Å²) < 4.78 is 10.3. The molecule has 6 nitrogen and oxygen atoms in total. The van der Waals surface area contributed by atoms with Crippen LogP contribution in [0.2, 0.25) is 0 Å². The molecule has 0 fully saturated rings. The van der Waals surface area contributed by atoms with Gasteiger partial charge in [-0.25, -0.2) is 0 Å². The zero-order chi connectivity index (χ0) is 15.5. The maximum Gasteiger partial charge on any atom is 0.309 e. The summed E-state index contributed by atoms with van der Waals surface area (Å²) in [4.78, 5) is 23.2. The molecule has 2 amide bonds. The Morgan fingerprint density at radius 1 is 1.14 bits per heavy atom. The minimum Gasteiger partial charge on any atom is -0.496 e. The smallest absolute Gasteiger partial charge is 0.309 e. The number of para-hydroxylation sites is 1. The van der Waals surface area contributed by atoms with E-state index in [2.05, 4.69) is 10.6 Å². The predicted molar refractivity (Wildman–Crippen MR) is 79.0 cm³/mol. The first-order valence-corrected chi connectivity index (χ1v) is 6.94. The zero-order valence-electron chi connectivity index (χ0n) is 12.5. The summed E-state index contributed by atoms with van der Waals surface area (Å²) >= 11 is 0. The van der Waals surface area contributed by atoms with Crippen LogP contribution in [0.4, 0.5) is 0 Å². The Balaban J connectivity index is 2.31. The molecular formula is C15H22N2O4. The second kappa shape index (κ2) is 9.77. The molecule has 0 aliphatic carbocycles. The summed E-state index contributed by atoms with van der Waals surface area (Å²) in [5, 5.41) is 5.11. The van der Waals surface area contributed by atoms with Gasteiger partial charge in [0.2, 0.25) is 0 Å². The third kappa shape index (κ3) is 6.27. The monoisotopic (exact) mass is 294 g/mol. The van der Waals surface area contributed by atoms with Crippen molar-refractivity contribution < 1.29 is 19.1 Å². The molecule has 0 unspecified atom stereocenters. The second-order valence-corrected chi connectivity index (χ2v) is 4.30. The van der Waals surface area contributed by atoms with Gasteiger partial charge in [0.1, 0.15) is 5.75 Å². The van der Waals surface area contributed by atoms with E-state index in [9.17, 15) is 9.59 Å². The highest BCUT2D eigenvalue weighted by atomic mass is 16.5. The summed E-state index contributed by atoms with van der Waals surface area (Å²) in [7, 11) is 1.56. The SMILES string of the molecule is CCOCCCNC(=O)C(=O)NCc1ccccc1OC. The van der Waals surface area contributed by atoms with E-state index in [0.29, 0.717) is 31.9 Å². The van der Waals surface area contributed by atoms with Crippen LogP contribution in [0.25, 0.3) is 0 Å². The Morgan fingerprint density at radius 2 is 1.86 bits per heavy atom. The molecule has 0 heterocycles. The molecule has 1 rings (SSSR count). The molecule has 21 heavy (non-hydrogen) atoms. The first-order chi connectivity index (χ1) is 10.2. The number of nitrogens with one attached hydrogen (secondary N) is 2. The number of methoxy groups -OCH3 is 1. The summed E-state index contributed by atoms with van der Waals surface area (Å²) in [6.45, 7) is 3.78. The second-order valence-electron chi connectivity index (χ2n) is 4.30. The molecule has 0 bridgehead atoms. The molecule has 0 saturated carbocycles. The fourth-order valence-corrected chi connectivity index (χ4v) is 1.71. The van der Waals surface area contributed by atoms with Gasteiger partial charge < -0.3 is 20.1 Å². The summed E-state index contributed by atoms with van der Waals surface area (Å²) in [6.07, 6.45) is 0.680. The molecular weight excluding hydrogens is 272 g/mol. The topological polar surface area (TPSA) is 76.7 Å². The molecule has 0 aromatic heterocycles. The average Bonchev–Trinajstić information content (AvgIpc) is 2.52. The molecule has 116 valence electrons. The van der Waals surface area contributed by atoms with Crippen LogP contribution in [0.1, 0.15) is 18.9 Å². The predicted octanol–water partition coefficient (Wildman–Crippen LogP) is 0.854. The van der Waals surface area contributed by atoms with E-state index in [1.54, 1.807) is 13.2 Å². The molecule has 0 saturated heterocycles. The van der Waals surface area contributed by atoms with Gasteiger partial charge in [-0.15, -0.1) is 0 Å². The summed E-state index contributed by atoms with van der Waals surface area (Å²) in [5.41, 5.74) is 0.817. The molecule has 0 aliphatic heterocycles. The third-order valence-electron chi connectivity index (χ3n) is 2.79. The number of amides is 2. The Kier molecular flexibility index (Phi) is 7.89. The van der Waals surface area contributed by atoms with Crippen molar-refractivity contribution in [3.63, 3.8) is 0 Å². The molecule has 1 aromatic rings. The lowest BCUT2D eigenvalue weighted by atomic mass is 10.2. The van der Waals surface area contributed by atoms with Crippen molar-refractivity contribution in [3.05, 3.63) is 29.8 Å². The fraction of sp³-hybridized carbons (Fsp3) is 0.467. The zero-order valence-corrected chi connectivity index (χ0v) is 12.5. The molecule has 0 atom stereocenters. The van der Waals surface area contributed by atoms with Crippen LogP contribution in [-0.4, -0.2) is 38.7 Å². The lowest BCUT2D eigenvalue weighted by Gasteiger charge is -2.09. The van der Waals surface area contributed by atoms with E-state index in [1.807, 2.05) is 25.1 Å². The molecule has 1 aromatic carbocycles. The van der Waals surface area contributed by atoms with Gasteiger partial charge in [-0.1, -0.05) is 18.2 Å².